The first-order chi connectivity index (χ1) is 12.7. The third-order valence-corrected chi connectivity index (χ3v) is 6.85. The van der Waals surface area contributed by atoms with Crippen molar-refractivity contribution in [2.45, 2.75) is 31.2 Å². The Balaban J connectivity index is 1.78. The van der Waals surface area contributed by atoms with Crippen molar-refractivity contribution < 1.29 is 18.0 Å². The van der Waals surface area contributed by atoms with Gasteiger partial charge in [0.15, 0.2) is 5.13 Å². The summed E-state index contributed by atoms with van der Waals surface area (Å²) in [5.74, 6) is -0.540. The molecule has 1 aromatic carbocycles. The molecule has 1 unspecified atom stereocenters. The number of rotatable bonds is 5. The molecule has 0 bridgehead atoms. The van der Waals surface area contributed by atoms with Crippen molar-refractivity contribution in [2.24, 2.45) is 0 Å². The SMILES string of the molecule is CC(=O)N1c2ccc(S(=O)(=O)N(C)CC(=O)Nc3nccs3)cc2CC1C. The molecule has 2 amide bonds. The number of anilines is 2. The smallest absolute Gasteiger partial charge is 0.243 e. The van der Waals surface area contributed by atoms with E-state index >= 15 is 0 Å². The van der Waals surface area contributed by atoms with Crippen molar-refractivity contribution in [1.82, 2.24) is 9.29 Å². The number of nitrogens with zero attached hydrogens (tertiary/aromatic N) is 3. The summed E-state index contributed by atoms with van der Waals surface area (Å²) in [6.07, 6.45) is 2.14. The second-order valence-electron chi connectivity index (χ2n) is 6.38. The highest BCUT2D eigenvalue weighted by Gasteiger charge is 2.31. The zero-order valence-electron chi connectivity index (χ0n) is 15.2. The van der Waals surface area contributed by atoms with Crippen molar-refractivity contribution in [3.63, 3.8) is 0 Å². The van der Waals surface area contributed by atoms with Gasteiger partial charge < -0.3 is 10.2 Å². The topological polar surface area (TPSA) is 99.7 Å². The van der Waals surface area contributed by atoms with Crippen molar-refractivity contribution in [3.05, 3.63) is 35.3 Å². The van der Waals surface area contributed by atoms with Gasteiger partial charge >= 0.3 is 0 Å². The summed E-state index contributed by atoms with van der Waals surface area (Å²) in [5, 5.41) is 4.69. The Morgan fingerprint density at radius 1 is 1.41 bits per heavy atom. The molecule has 1 atom stereocenters. The lowest BCUT2D eigenvalue weighted by Gasteiger charge is -2.21. The summed E-state index contributed by atoms with van der Waals surface area (Å²) in [7, 11) is -2.48. The lowest BCUT2D eigenvalue weighted by molar-refractivity contribution is -0.117. The van der Waals surface area contributed by atoms with Gasteiger partial charge in [0.1, 0.15) is 0 Å². The Bertz CT molecular complexity index is 973. The van der Waals surface area contributed by atoms with Crippen LogP contribution < -0.4 is 10.2 Å². The maximum absolute atomic E-state index is 12.8. The van der Waals surface area contributed by atoms with Crippen LogP contribution in [0.1, 0.15) is 19.4 Å². The third-order valence-electron chi connectivity index (χ3n) is 4.36. The summed E-state index contributed by atoms with van der Waals surface area (Å²) < 4.78 is 26.6. The number of aromatic nitrogens is 1. The first-order valence-corrected chi connectivity index (χ1v) is 10.6. The number of benzene rings is 1. The minimum atomic E-state index is -3.84. The second kappa shape index (κ2) is 7.37. The van der Waals surface area contributed by atoms with Gasteiger partial charge in [-0.3, -0.25) is 9.59 Å². The predicted octanol–water partition coefficient (Wildman–Crippen LogP) is 1.70. The molecule has 2 aromatic rings. The lowest BCUT2D eigenvalue weighted by atomic mass is 10.1. The highest BCUT2D eigenvalue weighted by atomic mass is 32.2. The molecule has 1 N–H and O–H groups in total. The molecule has 1 aliphatic heterocycles. The molecule has 8 nitrogen and oxygen atoms in total. The van der Waals surface area contributed by atoms with Gasteiger partial charge in [0, 0.05) is 37.3 Å². The van der Waals surface area contributed by atoms with Gasteiger partial charge in [-0.1, -0.05) is 0 Å². The van der Waals surface area contributed by atoms with Crippen LogP contribution in [0.25, 0.3) is 0 Å². The molecule has 0 spiro atoms. The molecular weight excluding hydrogens is 388 g/mol. The number of hydrogen-bond acceptors (Lipinski definition) is 6. The Morgan fingerprint density at radius 2 is 2.15 bits per heavy atom. The van der Waals surface area contributed by atoms with E-state index in [0.29, 0.717) is 11.6 Å². The zero-order chi connectivity index (χ0) is 19.8. The van der Waals surface area contributed by atoms with E-state index in [1.807, 2.05) is 6.92 Å². The highest BCUT2D eigenvalue weighted by Crippen LogP contribution is 2.34. The van der Waals surface area contributed by atoms with Crippen LogP contribution in [0.2, 0.25) is 0 Å². The zero-order valence-corrected chi connectivity index (χ0v) is 16.8. The summed E-state index contributed by atoms with van der Waals surface area (Å²) in [4.78, 5) is 29.6. The van der Waals surface area contributed by atoms with Gasteiger partial charge in [-0.2, -0.15) is 4.31 Å². The summed E-state index contributed by atoms with van der Waals surface area (Å²) in [6, 6.07) is 4.69. The van der Waals surface area contributed by atoms with Gasteiger partial charge in [-0.15, -0.1) is 11.3 Å². The standard InChI is InChI=1S/C17H20N4O4S2/c1-11-8-13-9-14(4-5-15(13)21(11)12(2)22)27(24,25)20(3)10-16(23)19-17-18-6-7-26-17/h4-7,9,11H,8,10H2,1-3H3,(H,18,19,23). The van der Waals surface area contributed by atoms with Crippen molar-refractivity contribution in [3.8, 4) is 0 Å². The molecule has 0 radical (unpaired) electrons. The Kier molecular flexibility index (Phi) is 5.31. The van der Waals surface area contributed by atoms with Gasteiger partial charge in [0.2, 0.25) is 21.8 Å². The van der Waals surface area contributed by atoms with Crippen LogP contribution in [0.5, 0.6) is 0 Å². The molecule has 0 fully saturated rings. The van der Waals surface area contributed by atoms with E-state index in [-0.39, 0.29) is 23.4 Å². The Morgan fingerprint density at radius 3 is 2.78 bits per heavy atom. The average Bonchev–Trinajstić information content (AvgIpc) is 3.19. The molecule has 0 saturated heterocycles. The molecule has 0 aliphatic carbocycles. The lowest BCUT2D eigenvalue weighted by Crippen LogP contribution is -2.35. The van der Waals surface area contributed by atoms with Gasteiger partial charge in [-0.05, 0) is 37.1 Å². The van der Waals surface area contributed by atoms with Crippen LogP contribution in [0, 0.1) is 0 Å². The van der Waals surface area contributed by atoms with Crippen LogP contribution in [0.3, 0.4) is 0 Å². The van der Waals surface area contributed by atoms with Crippen LogP contribution in [0.15, 0.2) is 34.7 Å². The molecule has 144 valence electrons. The second-order valence-corrected chi connectivity index (χ2v) is 9.32. The van der Waals surface area contributed by atoms with E-state index < -0.39 is 15.9 Å². The molecule has 1 aliphatic rings. The van der Waals surface area contributed by atoms with Gasteiger partial charge in [0.25, 0.3) is 0 Å². The summed E-state index contributed by atoms with van der Waals surface area (Å²) in [6.45, 7) is 3.09. The monoisotopic (exact) mass is 408 g/mol. The molecule has 2 heterocycles. The fraction of sp³-hybridized carbons (Fsp3) is 0.353. The fourth-order valence-corrected chi connectivity index (χ4v) is 4.88. The summed E-state index contributed by atoms with van der Waals surface area (Å²) >= 11 is 1.26. The average molecular weight is 409 g/mol. The van der Waals surface area contributed by atoms with E-state index in [1.165, 1.54) is 31.4 Å². The van der Waals surface area contributed by atoms with Crippen LogP contribution in [-0.2, 0) is 26.0 Å². The highest BCUT2D eigenvalue weighted by molar-refractivity contribution is 7.89. The van der Waals surface area contributed by atoms with Crippen molar-refractivity contribution >= 4 is 44.0 Å². The minimum absolute atomic E-state index is 0.0164. The Labute approximate surface area is 161 Å². The number of carbonyl (C=O) groups is 2. The van der Waals surface area contributed by atoms with Crippen LogP contribution in [0.4, 0.5) is 10.8 Å². The number of nitrogens with one attached hydrogen (secondary N) is 1. The fourth-order valence-electron chi connectivity index (χ4n) is 3.16. The number of carbonyl (C=O) groups excluding carboxylic acids is 2. The number of hydrogen-bond donors (Lipinski definition) is 1. The van der Waals surface area contributed by atoms with Gasteiger partial charge in [0.05, 0.1) is 11.4 Å². The molecular formula is C17H20N4O4S2. The first-order valence-electron chi connectivity index (χ1n) is 8.28. The normalized spacial score (nSPS) is 16.4. The molecule has 10 heteroatoms. The number of likely N-dealkylation sites (N-methyl/N-ethyl adjacent to an activating group) is 1. The van der Waals surface area contributed by atoms with E-state index in [0.717, 1.165) is 15.6 Å². The largest absolute Gasteiger partial charge is 0.309 e. The predicted molar refractivity (Wildman–Crippen MR) is 103 cm³/mol. The first kappa shape index (κ1) is 19.5. The van der Waals surface area contributed by atoms with Gasteiger partial charge in [-0.25, -0.2) is 13.4 Å². The van der Waals surface area contributed by atoms with Crippen molar-refractivity contribution in [1.29, 1.82) is 0 Å². The quantitative estimate of drug-likeness (QED) is 0.812. The van der Waals surface area contributed by atoms with E-state index in [4.69, 9.17) is 0 Å². The number of sulfonamides is 1. The molecule has 3 rings (SSSR count). The molecule has 27 heavy (non-hydrogen) atoms. The Hall–Kier alpha value is -2.30. The third kappa shape index (κ3) is 3.87. The number of thiazole rings is 1. The van der Waals surface area contributed by atoms with E-state index in [1.54, 1.807) is 28.6 Å². The maximum atomic E-state index is 12.8. The van der Waals surface area contributed by atoms with Crippen LogP contribution in [-0.4, -0.2) is 49.2 Å². The number of fused-ring (bicyclic) bond motifs is 1. The number of amides is 2. The molecule has 1 aromatic heterocycles. The minimum Gasteiger partial charge on any atom is -0.309 e. The van der Waals surface area contributed by atoms with Crippen LogP contribution >= 0.6 is 11.3 Å². The molecule has 0 saturated carbocycles. The van der Waals surface area contributed by atoms with E-state index in [9.17, 15) is 18.0 Å². The maximum Gasteiger partial charge on any atom is 0.243 e. The van der Waals surface area contributed by atoms with Crippen molar-refractivity contribution in [2.75, 3.05) is 23.8 Å². The van der Waals surface area contributed by atoms with E-state index in [2.05, 4.69) is 10.3 Å². The summed E-state index contributed by atoms with van der Waals surface area (Å²) in [5.41, 5.74) is 1.54.